The first-order chi connectivity index (χ1) is 8.97. The highest BCUT2D eigenvalue weighted by Gasteiger charge is 2.40. The number of sulfone groups is 1. The lowest BCUT2D eigenvalue weighted by molar-refractivity contribution is 0.281. The van der Waals surface area contributed by atoms with Crippen molar-refractivity contribution in [3.63, 3.8) is 0 Å². The largest absolute Gasteiger partial charge is 0.313 e. The van der Waals surface area contributed by atoms with Gasteiger partial charge in [0, 0.05) is 6.04 Å². The van der Waals surface area contributed by atoms with E-state index in [4.69, 9.17) is 0 Å². The first-order valence-corrected chi connectivity index (χ1v) is 9.54. The Balaban J connectivity index is 2.87. The molecule has 1 rings (SSSR count). The van der Waals surface area contributed by atoms with Gasteiger partial charge in [0.1, 0.15) is 0 Å². The van der Waals surface area contributed by atoms with Crippen LogP contribution in [0.3, 0.4) is 0 Å². The summed E-state index contributed by atoms with van der Waals surface area (Å²) in [7, 11) is -3.00. The summed E-state index contributed by atoms with van der Waals surface area (Å²) in [6.07, 6.45) is 6.10. The van der Waals surface area contributed by atoms with Gasteiger partial charge in [-0.15, -0.1) is 0 Å². The molecular weight excluding hydrogens is 258 g/mol. The highest BCUT2D eigenvalue weighted by Crippen LogP contribution is 2.33. The molecule has 4 atom stereocenters. The van der Waals surface area contributed by atoms with Crippen molar-refractivity contribution in [3.05, 3.63) is 0 Å². The molecule has 0 aromatic heterocycles. The summed E-state index contributed by atoms with van der Waals surface area (Å²) in [6, 6.07) is 0.164. The SMILES string of the molecule is CCCC1CCC(NCC)C(S(=O)(=O)C(C)CC)C1. The lowest BCUT2D eigenvalue weighted by Gasteiger charge is -2.37. The van der Waals surface area contributed by atoms with Crippen molar-refractivity contribution in [3.8, 4) is 0 Å². The fraction of sp³-hybridized carbons (Fsp3) is 1.00. The summed E-state index contributed by atoms with van der Waals surface area (Å²) in [6.45, 7) is 8.94. The maximum atomic E-state index is 12.7. The molecule has 0 aromatic carbocycles. The molecule has 114 valence electrons. The van der Waals surface area contributed by atoms with E-state index in [1.807, 2.05) is 13.8 Å². The van der Waals surface area contributed by atoms with Gasteiger partial charge in [-0.25, -0.2) is 8.42 Å². The molecule has 0 radical (unpaired) electrons. The van der Waals surface area contributed by atoms with E-state index >= 15 is 0 Å². The smallest absolute Gasteiger partial charge is 0.157 e. The molecular formula is C15H31NO2S. The Morgan fingerprint density at radius 1 is 1.21 bits per heavy atom. The molecule has 4 unspecified atom stereocenters. The van der Waals surface area contributed by atoms with Gasteiger partial charge in [-0.3, -0.25) is 0 Å². The second kappa shape index (κ2) is 7.63. The Bertz CT molecular complexity index is 353. The molecule has 1 aliphatic carbocycles. The van der Waals surface area contributed by atoms with E-state index in [-0.39, 0.29) is 16.5 Å². The van der Waals surface area contributed by atoms with E-state index in [1.165, 1.54) is 12.8 Å². The molecule has 1 saturated carbocycles. The molecule has 0 aliphatic heterocycles. The van der Waals surface area contributed by atoms with Crippen LogP contribution in [0.1, 0.15) is 66.2 Å². The van der Waals surface area contributed by atoms with Crippen molar-refractivity contribution < 1.29 is 8.42 Å². The second-order valence-corrected chi connectivity index (χ2v) is 8.57. The van der Waals surface area contributed by atoms with Crippen LogP contribution in [0.4, 0.5) is 0 Å². The molecule has 1 aliphatic rings. The van der Waals surface area contributed by atoms with Crippen LogP contribution in [0.15, 0.2) is 0 Å². The van der Waals surface area contributed by atoms with Crippen LogP contribution < -0.4 is 5.32 Å². The summed E-state index contributed by atoms with van der Waals surface area (Å²) in [4.78, 5) is 0. The summed E-state index contributed by atoms with van der Waals surface area (Å²) >= 11 is 0. The van der Waals surface area contributed by atoms with Crippen LogP contribution in [0.25, 0.3) is 0 Å². The highest BCUT2D eigenvalue weighted by atomic mass is 32.2. The Kier molecular flexibility index (Phi) is 6.81. The predicted molar refractivity (Wildman–Crippen MR) is 82.2 cm³/mol. The van der Waals surface area contributed by atoms with Crippen LogP contribution in [0, 0.1) is 5.92 Å². The summed E-state index contributed by atoms with van der Waals surface area (Å²) in [5.74, 6) is 0.601. The van der Waals surface area contributed by atoms with Gasteiger partial charge in [0.25, 0.3) is 0 Å². The molecule has 1 N–H and O–H groups in total. The normalized spacial score (nSPS) is 30.2. The van der Waals surface area contributed by atoms with Gasteiger partial charge in [0.15, 0.2) is 9.84 Å². The minimum absolute atomic E-state index is 0.164. The Morgan fingerprint density at radius 3 is 2.42 bits per heavy atom. The van der Waals surface area contributed by atoms with E-state index in [0.717, 1.165) is 32.2 Å². The van der Waals surface area contributed by atoms with Gasteiger partial charge < -0.3 is 5.32 Å². The van der Waals surface area contributed by atoms with Crippen molar-refractivity contribution in [2.24, 2.45) is 5.92 Å². The first-order valence-electron chi connectivity index (χ1n) is 7.93. The zero-order valence-electron chi connectivity index (χ0n) is 13.0. The molecule has 0 bridgehead atoms. The van der Waals surface area contributed by atoms with E-state index in [2.05, 4.69) is 19.2 Å². The Hall–Kier alpha value is -0.0900. The van der Waals surface area contributed by atoms with Crippen LogP contribution in [-0.4, -0.2) is 31.5 Å². The van der Waals surface area contributed by atoms with Gasteiger partial charge in [0.05, 0.1) is 10.5 Å². The molecule has 0 heterocycles. The van der Waals surface area contributed by atoms with Crippen LogP contribution in [0.5, 0.6) is 0 Å². The topological polar surface area (TPSA) is 46.2 Å². The molecule has 4 heteroatoms. The number of rotatable bonds is 7. The third-order valence-electron chi connectivity index (χ3n) is 4.62. The monoisotopic (exact) mass is 289 g/mol. The molecule has 19 heavy (non-hydrogen) atoms. The molecule has 3 nitrogen and oxygen atoms in total. The van der Waals surface area contributed by atoms with E-state index in [0.29, 0.717) is 5.92 Å². The number of hydrogen-bond acceptors (Lipinski definition) is 3. The van der Waals surface area contributed by atoms with Crippen LogP contribution >= 0.6 is 0 Å². The highest BCUT2D eigenvalue weighted by molar-refractivity contribution is 7.92. The summed E-state index contributed by atoms with van der Waals surface area (Å²) in [5.41, 5.74) is 0. The fourth-order valence-electron chi connectivity index (χ4n) is 3.27. The predicted octanol–water partition coefficient (Wildman–Crippen LogP) is 3.15. The van der Waals surface area contributed by atoms with Crippen molar-refractivity contribution >= 4 is 9.84 Å². The maximum Gasteiger partial charge on any atom is 0.157 e. The average Bonchev–Trinajstić information content (AvgIpc) is 2.40. The molecule has 1 fully saturated rings. The Morgan fingerprint density at radius 2 is 1.89 bits per heavy atom. The van der Waals surface area contributed by atoms with Crippen molar-refractivity contribution in [1.29, 1.82) is 0 Å². The quantitative estimate of drug-likeness (QED) is 0.783. The van der Waals surface area contributed by atoms with E-state index in [1.54, 1.807) is 0 Å². The van der Waals surface area contributed by atoms with E-state index < -0.39 is 9.84 Å². The van der Waals surface area contributed by atoms with Gasteiger partial charge in [-0.1, -0.05) is 33.6 Å². The first kappa shape index (κ1) is 17.0. The lowest BCUT2D eigenvalue weighted by atomic mass is 9.83. The Labute approximate surface area is 119 Å². The van der Waals surface area contributed by atoms with Crippen LogP contribution in [0.2, 0.25) is 0 Å². The summed E-state index contributed by atoms with van der Waals surface area (Å²) in [5, 5.41) is 3.02. The number of hydrogen-bond donors (Lipinski definition) is 1. The van der Waals surface area contributed by atoms with Gasteiger partial charge >= 0.3 is 0 Å². The van der Waals surface area contributed by atoms with Gasteiger partial charge in [-0.2, -0.15) is 0 Å². The molecule has 0 aromatic rings. The second-order valence-electron chi connectivity index (χ2n) is 5.98. The zero-order valence-corrected chi connectivity index (χ0v) is 13.8. The fourth-order valence-corrected chi connectivity index (χ4v) is 5.56. The third-order valence-corrected chi connectivity index (χ3v) is 7.44. The van der Waals surface area contributed by atoms with Crippen LogP contribution in [-0.2, 0) is 9.84 Å². The third kappa shape index (κ3) is 4.19. The average molecular weight is 289 g/mol. The minimum atomic E-state index is -3.00. The van der Waals surface area contributed by atoms with Gasteiger partial charge in [0.2, 0.25) is 0 Å². The minimum Gasteiger partial charge on any atom is -0.313 e. The van der Waals surface area contributed by atoms with Gasteiger partial charge in [-0.05, 0) is 45.1 Å². The molecule has 0 amide bonds. The van der Waals surface area contributed by atoms with Crippen molar-refractivity contribution in [2.45, 2.75) is 82.8 Å². The summed E-state index contributed by atoms with van der Waals surface area (Å²) < 4.78 is 25.4. The molecule has 0 spiro atoms. The lowest BCUT2D eigenvalue weighted by Crippen LogP contribution is -2.50. The maximum absolute atomic E-state index is 12.7. The number of nitrogens with one attached hydrogen (secondary N) is 1. The zero-order chi connectivity index (χ0) is 14.5. The van der Waals surface area contributed by atoms with Crippen molar-refractivity contribution in [2.75, 3.05) is 6.54 Å². The van der Waals surface area contributed by atoms with E-state index in [9.17, 15) is 8.42 Å². The standard InChI is InChI=1S/C15H31NO2S/c1-5-8-13-9-10-14(16-7-3)15(11-13)19(17,18)12(4)6-2/h12-16H,5-11H2,1-4H3. The van der Waals surface area contributed by atoms with Crippen molar-refractivity contribution in [1.82, 2.24) is 5.32 Å². The molecule has 0 saturated heterocycles.